The first-order valence-electron chi connectivity index (χ1n) is 1.61. The van der Waals surface area contributed by atoms with Crippen LogP contribution in [0.5, 0.6) is 0 Å². The van der Waals surface area contributed by atoms with Gasteiger partial charge in [-0.1, -0.05) is 6.92 Å². The molecule has 1 unspecified atom stereocenters. The van der Waals surface area contributed by atoms with Crippen LogP contribution in [0.25, 0.3) is 0 Å². The molecule has 0 fully saturated rings. The zero-order valence-corrected chi connectivity index (χ0v) is 4.43. The SMILES string of the molecule is CCS(C)=N. The summed E-state index contributed by atoms with van der Waals surface area (Å²) in [7, 11) is -0.0725. The highest BCUT2D eigenvalue weighted by Crippen LogP contribution is 1.67. The highest BCUT2D eigenvalue weighted by molar-refractivity contribution is 7.85. The van der Waals surface area contributed by atoms with E-state index in [1.54, 1.807) is 0 Å². The topological polar surface area (TPSA) is 23.9 Å². The van der Waals surface area contributed by atoms with Crippen LogP contribution in [-0.2, 0) is 10.7 Å². The number of nitrogens with one attached hydrogen (secondary N) is 1. The van der Waals surface area contributed by atoms with Crippen molar-refractivity contribution in [3.8, 4) is 0 Å². The molecular formula is C3H9NS. The van der Waals surface area contributed by atoms with Gasteiger partial charge in [-0.05, 0) is 6.26 Å². The van der Waals surface area contributed by atoms with E-state index in [9.17, 15) is 0 Å². The van der Waals surface area contributed by atoms with Crippen molar-refractivity contribution in [1.29, 1.82) is 4.78 Å². The highest BCUT2D eigenvalue weighted by atomic mass is 32.2. The molecule has 0 bridgehead atoms. The lowest BCUT2D eigenvalue weighted by Crippen LogP contribution is -1.81. The fourth-order valence-corrected chi connectivity index (χ4v) is 0. The Morgan fingerprint density at radius 3 is 2.00 bits per heavy atom. The predicted molar refractivity (Wildman–Crippen MR) is 26.5 cm³/mol. The first kappa shape index (κ1) is 5.15. The van der Waals surface area contributed by atoms with Gasteiger partial charge in [0, 0.05) is 5.75 Å². The first-order valence-corrected chi connectivity index (χ1v) is 3.41. The number of rotatable bonds is 1. The molecule has 0 aromatic heterocycles. The first-order chi connectivity index (χ1) is 2.27. The maximum absolute atomic E-state index is 6.85. The zero-order chi connectivity index (χ0) is 4.28. The number of hydrogen-bond acceptors (Lipinski definition) is 1. The normalized spacial score (nSPS) is 14.8. The molecule has 0 spiro atoms. The van der Waals surface area contributed by atoms with Crippen LogP contribution >= 0.6 is 0 Å². The average Bonchev–Trinajstić information content (AvgIpc) is 1.38. The van der Waals surface area contributed by atoms with E-state index in [1.165, 1.54) is 0 Å². The average molecular weight is 91.2 g/mol. The largest absolute Gasteiger partial charge is 0.281 e. The molecule has 0 aromatic rings. The summed E-state index contributed by atoms with van der Waals surface area (Å²) in [6.45, 7) is 2.02. The van der Waals surface area contributed by atoms with Gasteiger partial charge in [0.15, 0.2) is 0 Å². The van der Waals surface area contributed by atoms with E-state index in [2.05, 4.69) is 0 Å². The van der Waals surface area contributed by atoms with Crippen LogP contribution in [0.4, 0.5) is 0 Å². The van der Waals surface area contributed by atoms with Gasteiger partial charge in [0.25, 0.3) is 0 Å². The van der Waals surface area contributed by atoms with E-state index in [0.717, 1.165) is 5.75 Å². The van der Waals surface area contributed by atoms with Gasteiger partial charge in [-0.2, -0.15) is 0 Å². The van der Waals surface area contributed by atoms with Crippen molar-refractivity contribution in [2.45, 2.75) is 6.92 Å². The lowest BCUT2D eigenvalue weighted by Gasteiger charge is -1.80. The summed E-state index contributed by atoms with van der Waals surface area (Å²) >= 11 is 0. The van der Waals surface area contributed by atoms with Gasteiger partial charge in [-0.3, -0.25) is 4.78 Å². The van der Waals surface area contributed by atoms with Crippen molar-refractivity contribution in [1.82, 2.24) is 0 Å². The molecule has 1 N–H and O–H groups in total. The molecule has 0 aliphatic carbocycles. The molecule has 0 aromatic carbocycles. The molecule has 2 heteroatoms. The molecule has 0 aliphatic heterocycles. The van der Waals surface area contributed by atoms with Crippen LogP contribution in [-0.4, -0.2) is 12.0 Å². The summed E-state index contributed by atoms with van der Waals surface area (Å²) in [6, 6.07) is 0. The standard InChI is InChI=1S/C3H9NS/c1-3-5(2)4/h4H,3H2,1-2H3. The predicted octanol–water partition coefficient (Wildman–Crippen LogP) is 1.02. The second-order valence-corrected chi connectivity index (χ2v) is 2.78. The number of hydrogen-bond donors (Lipinski definition) is 1. The Morgan fingerprint density at radius 2 is 2.00 bits per heavy atom. The third-order valence-corrected chi connectivity index (χ3v) is 1.30. The molecular weight excluding hydrogens is 82.1 g/mol. The third kappa shape index (κ3) is 4.15. The van der Waals surface area contributed by atoms with Crippen LogP contribution in [0.3, 0.4) is 0 Å². The highest BCUT2D eigenvalue weighted by Gasteiger charge is 1.67. The smallest absolute Gasteiger partial charge is 0.000731 e. The minimum Gasteiger partial charge on any atom is -0.281 e. The summed E-state index contributed by atoms with van der Waals surface area (Å²) in [4.78, 5) is 0. The Morgan fingerprint density at radius 1 is 1.80 bits per heavy atom. The lowest BCUT2D eigenvalue weighted by molar-refractivity contribution is 1.48. The second-order valence-electron chi connectivity index (χ2n) is 0.926. The summed E-state index contributed by atoms with van der Waals surface area (Å²) in [5.74, 6) is 1.00. The quantitative estimate of drug-likeness (QED) is 0.498. The van der Waals surface area contributed by atoms with Gasteiger partial charge < -0.3 is 0 Å². The molecule has 0 amide bonds. The molecule has 0 aliphatic rings. The molecule has 1 atom stereocenters. The summed E-state index contributed by atoms with van der Waals surface area (Å²) in [5, 5.41) is 0. The van der Waals surface area contributed by atoms with Crippen molar-refractivity contribution >= 4 is 10.7 Å². The van der Waals surface area contributed by atoms with Crippen LogP contribution in [0.1, 0.15) is 6.92 Å². The monoisotopic (exact) mass is 91.0 g/mol. The van der Waals surface area contributed by atoms with Crippen LogP contribution in [0.2, 0.25) is 0 Å². The van der Waals surface area contributed by atoms with Gasteiger partial charge in [-0.15, -0.1) is 10.7 Å². The molecule has 0 saturated heterocycles. The van der Waals surface area contributed by atoms with Crippen molar-refractivity contribution in [2.75, 3.05) is 12.0 Å². The van der Waals surface area contributed by atoms with Crippen molar-refractivity contribution < 1.29 is 0 Å². The van der Waals surface area contributed by atoms with E-state index >= 15 is 0 Å². The maximum Gasteiger partial charge on any atom is 0.000731 e. The molecule has 1 nitrogen and oxygen atoms in total. The lowest BCUT2D eigenvalue weighted by atomic mass is 11.0. The third-order valence-electron chi connectivity index (χ3n) is 0.433. The van der Waals surface area contributed by atoms with Gasteiger partial charge in [0.1, 0.15) is 0 Å². The Labute approximate surface area is 35.3 Å². The van der Waals surface area contributed by atoms with E-state index in [1.807, 2.05) is 13.2 Å². The van der Waals surface area contributed by atoms with Crippen molar-refractivity contribution in [2.24, 2.45) is 0 Å². The van der Waals surface area contributed by atoms with E-state index in [-0.39, 0.29) is 10.7 Å². The maximum atomic E-state index is 6.85. The Kier molecular flexibility index (Phi) is 2.46. The van der Waals surface area contributed by atoms with Crippen LogP contribution in [0.15, 0.2) is 0 Å². The van der Waals surface area contributed by atoms with Crippen molar-refractivity contribution in [3.05, 3.63) is 0 Å². The molecule has 32 valence electrons. The van der Waals surface area contributed by atoms with E-state index in [0.29, 0.717) is 0 Å². The minimum absolute atomic E-state index is 0.0725. The fourth-order valence-electron chi connectivity index (χ4n) is 0. The Hall–Kier alpha value is 0.150. The van der Waals surface area contributed by atoms with Crippen LogP contribution in [0, 0.1) is 4.78 Å². The van der Waals surface area contributed by atoms with Gasteiger partial charge in [0.2, 0.25) is 0 Å². The molecule has 0 rings (SSSR count). The fraction of sp³-hybridized carbons (Fsp3) is 1.00. The van der Waals surface area contributed by atoms with Gasteiger partial charge in [0.05, 0.1) is 0 Å². The Balaban J connectivity index is 2.85. The second kappa shape index (κ2) is 2.39. The minimum atomic E-state index is -0.0725. The van der Waals surface area contributed by atoms with Crippen LogP contribution < -0.4 is 0 Å². The molecule has 5 heavy (non-hydrogen) atoms. The van der Waals surface area contributed by atoms with E-state index in [4.69, 9.17) is 4.78 Å². The summed E-state index contributed by atoms with van der Waals surface area (Å²) < 4.78 is 6.85. The van der Waals surface area contributed by atoms with E-state index < -0.39 is 0 Å². The van der Waals surface area contributed by atoms with Gasteiger partial charge >= 0.3 is 0 Å². The summed E-state index contributed by atoms with van der Waals surface area (Å²) in [6.07, 6.45) is 1.92. The zero-order valence-electron chi connectivity index (χ0n) is 3.62. The Bertz CT molecular complexity index is 42.2. The molecule has 0 saturated carbocycles. The summed E-state index contributed by atoms with van der Waals surface area (Å²) in [5.41, 5.74) is 0. The molecule has 0 heterocycles. The molecule has 0 radical (unpaired) electrons. The van der Waals surface area contributed by atoms with Crippen molar-refractivity contribution in [3.63, 3.8) is 0 Å². The van der Waals surface area contributed by atoms with Gasteiger partial charge in [-0.25, -0.2) is 0 Å².